The van der Waals surface area contributed by atoms with E-state index >= 15 is 0 Å². The Labute approximate surface area is 137 Å². The number of thioether (sulfide) groups is 1. The normalized spacial score (nSPS) is 16.1. The molecule has 118 valence electrons. The predicted molar refractivity (Wildman–Crippen MR) is 90.0 cm³/mol. The van der Waals surface area contributed by atoms with E-state index in [1.807, 2.05) is 35.0 Å². The number of nitrogens with zero attached hydrogens (tertiary/aromatic N) is 1. The van der Waals surface area contributed by atoms with E-state index in [1.54, 1.807) is 13.0 Å². The second-order valence-corrected chi connectivity index (χ2v) is 5.98. The number of para-hydroxylation sites is 1. The summed E-state index contributed by atoms with van der Waals surface area (Å²) in [4.78, 5) is 24.0. The maximum Gasteiger partial charge on any atom is 0.325 e. The highest BCUT2D eigenvalue weighted by Crippen LogP contribution is 2.29. The fourth-order valence-corrected chi connectivity index (χ4v) is 3.14. The van der Waals surface area contributed by atoms with Crippen molar-refractivity contribution in [3.8, 4) is 0 Å². The summed E-state index contributed by atoms with van der Waals surface area (Å²) in [7, 11) is 0. The highest BCUT2D eigenvalue weighted by molar-refractivity contribution is 8.18. The summed E-state index contributed by atoms with van der Waals surface area (Å²) in [5.41, 5.74) is 1.73. The van der Waals surface area contributed by atoms with Gasteiger partial charge in [0.15, 0.2) is 5.17 Å². The maximum atomic E-state index is 11.8. The molecule has 0 unspecified atom stereocenters. The van der Waals surface area contributed by atoms with Crippen LogP contribution in [0.4, 0.5) is 0 Å². The first-order valence-electron chi connectivity index (χ1n) is 7.11. The van der Waals surface area contributed by atoms with Gasteiger partial charge in [-0.2, -0.15) is 0 Å². The van der Waals surface area contributed by atoms with E-state index in [0.717, 1.165) is 28.2 Å². The van der Waals surface area contributed by atoms with Crippen molar-refractivity contribution >= 4 is 45.8 Å². The van der Waals surface area contributed by atoms with Gasteiger partial charge in [-0.25, -0.2) is 0 Å². The molecule has 0 aliphatic carbocycles. The molecule has 1 fully saturated rings. The topological polar surface area (TPSA) is 84.2 Å². The fraction of sp³-hybridized carbons (Fsp3) is 0.188. The van der Waals surface area contributed by atoms with E-state index < -0.39 is 0 Å². The molecule has 0 spiro atoms. The number of esters is 1. The van der Waals surface area contributed by atoms with Crippen LogP contribution in [0.2, 0.25) is 0 Å². The largest absolute Gasteiger partial charge is 0.465 e. The first kappa shape index (κ1) is 15.4. The van der Waals surface area contributed by atoms with E-state index in [1.165, 1.54) is 0 Å². The standard InChI is InChI=1S/C16H15N3O3S/c1-2-22-14(20)9-19-8-10(11-5-3-4-6-12(11)19)7-13-15(21)18-16(17)23-13/h3-8H,2,9H2,1H3,(H2,17,18,21)/b13-7-. The van der Waals surface area contributed by atoms with Crippen LogP contribution in [-0.4, -0.2) is 28.2 Å². The summed E-state index contributed by atoms with van der Waals surface area (Å²) in [6.45, 7) is 2.23. The smallest absolute Gasteiger partial charge is 0.325 e. The highest BCUT2D eigenvalue weighted by atomic mass is 32.2. The summed E-state index contributed by atoms with van der Waals surface area (Å²) >= 11 is 1.09. The Hall–Kier alpha value is -2.54. The van der Waals surface area contributed by atoms with Crippen LogP contribution in [0.5, 0.6) is 0 Å². The third kappa shape index (κ3) is 3.14. The molecule has 0 atom stereocenters. The van der Waals surface area contributed by atoms with E-state index in [0.29, 0.717) is 11.5 Å². The van der Waals surface area contributed by atoms with Gasteiger partial charge in [0, 0.05) is 22.7 Å². The molecule has 2 N–H and O–H groups in total. The molecule has 2 heterocycles. The minimum absolute atomic E-state index is 0.118. The van der Waals surface area contributed by atoms with Crippen molar-refractivity contribution in [3.05, 3.63) is 40.9 Å². The minimum Gasteiger partial charge on any atom is -0.465 e. The lowest BCUT2D eigenvalue weighted by Gasteiger charge is -2.04. The second-order valence-electron chi connectivity index (χ2n) is 4.93. The number of ether oxygens (including phenoxy) is 1. The number of benzene rings is 1. The highest BCUT2D eigenvalue weighted by Gasteiger charge is 2.23. The molecule has 0 saturated carbocycles. The van der Waals surface area contributed by atoms with Crippen molar-refractivity contribution in [1.82, 2.24) is 9.88 Å². The Morgan fingerprint density at radius 1 is 1.43 bits per heavy atom. The Morgan fingerprint density at radius 3 is 2.91 bits per heavy atom. The Morgan fingerprint density at radius 2 is 2.22 bits per heavy atom. The maximum absolute atomic E-state index is 11.8. The number of hydrogen-bond acceptors (Lipinski definition) is 5. The van der Waals surface area contributed by atoms with Crippen LogP contribution in [0.1, 0.15) is 12.5 Å². The molecule has 1 aliphatic heterocycles. The Balaban J connectivity index is 2.01. The van der Waals surface area contributed by atoms with Crippen LogP contribution in [0, 0.1) is 5.41 Å². The lowest BCUT2D eigenvalue weighted by Crippen LogP contribution is -2.18. The second kappa shape index (κ2) is 6.29. The molecular formula is C16H15N3O3S. The monoisotopic (exact) mass is 329 g/mol. The number of hydrogen-bond donors (Lipinski definition) is 2. The van der Waals surface area contributed by atoms with Crippen LogP contribution in [0.15, 0.2) is 35.4 Å². The Bertz CT molecular complexity index is 838. The number of aromatic nitrogens is 1. The summed E-state index contributed by atoms with van der Waals surface area (Å²) in [6, 6.07) is 7.66. The molecule has 1 aliphatic rings. The van der Waals surface area contributed by atoms with Gasteiger partial charge >= 0.3 is 5.97 Å². The van der Waals surface area contributed by atoms with E-state index in [4.69, 9.17) is 10.1 Å². The van der Waals surface area contributed by atoms with Gasteiger partial charge in [0.05, 0.1) is 11.5 Å². The van der Waals surface area contributed by atoms with Gasteiger partial charge in [-0.1, -0.05) is 18.2 Å². The zero-order valence-electron chi connectivity index (χ0n) is 12.5. The van der Waals surface area contributed by atoms with Gasteiger partial charge < -0.3 is 14.6 Å². The van der Waals surface area contributed by atoms with Gasteiger partial charge in [0.1, 0.15) is 6.54 Å². The van der Waals surface area contributed by atoms with E-state index in [2.05, 4.69) is 5.32 Å². The quantitative estimate of drug-likeness (QED) is 0.666. The zero-order valence-corrected chi connectivity index (χ0v) is 13.3. The Kier molecular flexibility index (Phi) is 4.20. The number of rotatable bonds is 4. The molecule has 1 amide bonds. The molecular weight excluding hydrogens is 314 g/mol. The minimum atomic E-state index is -0.304. The van der Waals surface area contributed by atoms with Crippen molar-refractivity contribution in [2.75, 3.05) is 6.61 Å². The average molecular weight is 329 g/mol. The number of nitrogens with one attached hydrogen (secondary N) is 2. The number of amides is 1. The molecule has 1 aromatic heterocycles. The third-order valence-electron chi connectivity index (χ3n) is 3.37. The summed E-state index contributed by atoms with van der Waals surface area (Å²) < 4.78 is 6.81. The molecule has 1 aromatic carbocycles. The van der Waals surface area contributed by atoms with Crippen LogP contribution < -0.4 is 5.32 Å². The molecule has 2 aromatic rings. The molecule has 1 saturated heterocycles. The van der Waals surface area contributed by atoms with Crippen molar-refractivity contribution in [1.29, 1.82) is 5.41 Å². The summed E-state index contributed by atoms with van der Waals surface area (Å²) in [5, 5.41) is 11.0. The fourth-order valence-electron chi connectivity index (χ4n) is 2.45. The lowest BCUT2D eigenvalue weighted by molar-refractivity contribution is -0.143. The van der Waals surface area contributed by atoms with Crippen molar-refractivity contribution < 1.29 is 14.3 Å². The number of carbonyl (C=O) groups excluding carboxylic acids is 2. The third-order valence-corrected chi connectivity index (χ3v) is 4.20. The van der Waals surface area contributed by atoms with Crippen LogP contribution >= 0.6 is 11.8 Å². The van der Waals surface area contributed by atoms with Crippen molar-refractivity contribution in [3.63, 3.8) is 0 Å². The summed E-state index contributed by atoms with van der Waals surface area (Å²) in [6.07, 6.45) is 3.57. The van der Waals surface area contributed by atoms with Gasteiger partial charge in [-0.3, -0.25) is 15.0 Å². The van der Waals surface area contributed by atoms with E-state index in [-0.39, 0.29) is 23.6 Å². The van der Waals surface area contributed by atoms with Gasteiger partial charge in [-0.15, -0.1) is 0 Å². The molecule has 23 heavy (non-hydrogen) atoms. The number of amidine groups is 1. The van der Waals surface area contributed by atoms with Crippen LogP contribution in [-0.2, 0) is 20.9 Å². The summed E-state index contributed by atoms with van der Waals surface area (Å²) in [5.74, 6) is -0.579. The number of fused-ring (bicyclic) bond motifs is 1. The van der Waals surface area contributed by atoms with Crippen LogP contribution in [0.3, 0.4) is 0 Å². The molecule has 0 radical (unpaired) electrons. The van der Waals surface area contributed by atoms with E-state index in [9.17, 15) is 9.59 Å². The predicted octanol–water partition coefficient (Wildman–Crippen LogP) is 2.34. The van der Waals surface area contributed by atoms with Crippen molar-refractivity contribution in [2.45, 2.75) is 13.5 Å². The molecule has 3 rings (SSSR count). The lowest BCUT2D eigenvalue weighted by atomic mass is 10.1. The van der Waals surface area contributed by atoms with Crippen molar-refractivity contribution in [2.24, 2.45) is 0 Å². The average Bonchev–Trinajstić information content (AvgIpc) is 3.01. The number of carbonyl (C=O) groups is 2. The van der Waals surface area contributed by atoms with Gasteiger partial charge in [0.2, 0.25) is 0 Å². The van der Waals surface area contributed by atoms with Gasteiger partial charge in [-0.05, 0) is 30.8 Å². The molecule has 7 heteroatoms. The zero-order chi connectivity index (χ0) is 16.4. The first-order valence-corrected chi connectivity index (χ1v) is 7.93. The first-order chi connectivity index (χ1) is 11.1. The van der Waals surface area contributed by atoms with Gasteiger partial charge in [0.25, 0.3) is 5.91 Å². The molecule has 6 nitrogen and oxygen atoms in total. The SMILES string of the molecule is CCOC(=O)Cn1cc(/C=C2\SC(=N)NC2=O)c2ccccc21. The molecule has 0 bridgehead atoms. The van der Waals surface area contributed by atoms with Crippen LogP contribution in [0.25, 0.3) is 17.0 Å².